The van der Waals surface area contributed by atoms with Gasteiger partial charge < -0.3 is 5.32 Å². The topological polar surface area (TPSA) is 12.0 Å². The smallest absolute Gasteiger partial charge is 0.385 e. The highest BCUT2D eigenvalue weighted by molar-refractivity contribution is 5.52. The summed E-state index contributed by atoms with van der Waals surface area (Å²) >= 11 is 0. The lowest BCUT2D eigenvalue weighted by atomic mass is 10.1. The van der Waals surface area contributed by atoms with Gasteiger partial charge in [-0.05, 0) is 30.5 Å². The van der Waals surface area contributed by atoms with E-state index in [2.05, 4.69) is 5.32 Å². The van der Waals surface area contributed by atoms with E-state index in [9.17, 15) is 13.2 Å². The number of benzene rings is 2. The van der Waals surface area contributed by atoms with Crippen LogP contribution in [0.1, 0.15) is 17.5 Å². The largest absolute Gasteiger partial charge is 0.418 e. The molecule has 0 radical (unpaired) electrons. The van der Waals surface area contributed by atoms with Crippen LogP contribution >= 0.6 is 0 Å². The van der Waals surface area contributed by atoms with Crippen molar-refractivity contribution in [3.63, 3.8) is 0 Å². The first-order chi connectivity index (χ1) is 9.57. The standard InChI is InChI=1S/C16H16F3N/c17-16(18,19)14-10-4-5-11-15(14)20-12-6-9-13-7-2-1-3-8-13/h1-5,7-8,10-11,20H,6,9,12H2. The summed E-state index contributed by atoms with van der Waals surface area (Å²) in [5.41, 5.74) is 0.728. The summed E-state index contributed by atoms with van der Waals surface area (Å²) in [4.78, 5) is 0. The molecular weight excluding hydrogens is 263 g/mol. The Labute approximate surface area is 116 Å². The number of aryl methyl sites for hydroxylation is 1. The normalized spacial score (nSPS) is 11.3. The minimum Gasteiger partial charge on any atom is -0.385 e. The lowest BCUT2D eigenvalue weighted by Gasteiger charge is -2.14. The van der Waals surface area contributed by atoms with E-state index in [1.165, 1.54) is 17.7 Å². The Bertz CT molecular complexity index is 535. The summed E-state index contributed by atoms with van der Waals surface area (Å²) < 4.78 is 38.3. The SMILES string of the molecule is FC(F)(F)c1ccccc1NCCCc1ccccc1. The quantitative estimate of drug-likeness (QED) is 0.779. The van der Waals surface area contributed by atoms with Gasteiger partial charge in [-0.1, -0.05) is 42.5 Å². The first-order valence-electron chi connectivity index (χ1n) is 6.51. The molecule has 0 unspecified atom stereocenters. The number of alkyl halides is 3. The maximum absolute atomic E-state index is 12.8. The average molecular weight is 279 g/mol. The molecule has 2 aromatic carbocycles. The van der Waals surface area contributed by atoms with Gasteiger partial charge in [0.1, 0.15) is 0 Å². The second-order valence-corrected chi connectivity index (χ2v) is 4.56. The Morgan fingerprint density at radius 2 is 1.50 bits per heavy atom. The molecule has 0 heterocycles. The number of rotatable bonds is 5. The highest BCUT2D eigenvalue weighted by Gasteiger charge is 2.32. The third kappa shape index (κ3) is 4.02. The molecule has 4 heteroatoms. The molecule has 106 valence electrons. The Balaban J connectivity index is 1.89. The molecule has 1 nitrogen and oxygen atoms in total. The minimum atomic E-state index is -4.32. The van der Waals surface area contributed by atoms with Crippen molar-refractivity contribution in [3.05, 3.63) is 65.7 Å². The molecule has 0 aliphatic carbocycles. The second-order valence-electron chi connectivity index (χ2n) is 4.56. The maximum atomic E-state index is 12.8. The summed E-state index contributed by atoms with van der Waals surface area (Å²) in [7, 11) is 0. The van der Waals surface area contributed by atoms with Gasteiger partial charge in [-0.3, -0.25) is 0 Å². The van der Waals surface area contributed by atoms with Crippen LogP contribution in [0.25, 0.3) is 0 Å². The van der Waals surface area contributed by atoms with Crippen LogP contribution in [0.2, 0.25) is 0 Å². The van der Waals surface area contributed by atoms with Crippen molar-refractivity contribution >= 4 is 5.69 Å². The third-order valence-electron chi connectivity index (χ3n) is 3.03. The van der Waals surface area contributed by atoms with Crippen LogP contribution in [0.15, 0.2) is 54.6 Å². The van der Waals surface area contributed by atoms with Crippen LogP contribution in [0.3, 0.4) is 0 Å². The Hall–Kier alpha value is -1.97. The molecule has 0 fully saturated rings. The molecule has 0 amide bonds. The fourth-order valence-electron chi connectivity index (χ4n) is 2.04. The highest BCUT2D eigenvalue weighted by atomic mass is 19.4. The van der Waals surface area contributed by atoms with E-state index in [-0.39, 0.29) is 5.69 Å². The summed E-state index contributed by atoms with van der Waals surface area (Å²) in [5.74, 6) is 0. The van der Waals surface area contributed by atoms with Gasteiger partial charge in [0.2, 0.25) is 0 Å². The summed E-state index contributed by atoms with van der Waals surface area (Å²) in [5, 5.41) is 2.87. The van der Waals surface area contributed by atoms with E-state index < -0.39 is 11.7 Å². The summed E-state index contributed by atoms with van der Waals surface area (Å²) in [6.45, 7) is 0.516. The van der Waals surface area contributed by atoms with E-state index >= 15 is 0 Å². The number of anilines is 1. The van der Waals surface area contributed by atoms with E-state index in [1.807, 2.05) is 30.3 Å². The minimum absolute atomic E-state index is 0.146. The Morgan fingerprint density at radius 1 is 0.850 bits per heavy atom. The Kier molecular flexibility index (Phi) is 4.66. The molecule has 1 N–H and O–H groups in total. The van der Waals surface area contributed by atoms with Crippen molar-refractivity contribution in [1.82, 2.24) is 0 Å². The van der Waals surface area contributed by atoms with Gasteiger partial charge in [-0.2, -0.15) is 13.2 Å². The molecule has 0 aliphatic heterocycles. The Morgan fingerprint density at radius 3 is 2.20 bits per heavy atom. The van der Waals surface area contributed by atoms with Gasteiger partial charge in [0.05, 0.1) is 5.56 Å². The van der Waals surface area contributed by atoms with Crippen LogP contribution in [0.4, 0.5) is 18.9 Å². The zero-order valence-electron chi connectivity index (χ0n) is 11.0. The molecule has 0 spiro atoms. The number of halogens is 3. The first-order valence-corrected chi connectivity index (χ1v) is 6.51. The van der Waals surface area contributed by atoms with Crippen molar-refractivity contribution in [2.45, 2.75) is 19.0 Å². The van der Waals surface area contributed by atoms with Gasteiger partial charge >= 0.3 is 6.18 Å². The van der Waals surface area contributed by atoms with Gasteiger partial charge in [0.15, 0.2) is 0 Å². The van der Waals surface area contributed by atoms with Gasteiger partial charge in [-0.15, -0.1) is 0 Å². The van der Waals surface area contributed by atoms with Crippen molar-refractivity contribution in [1.29, 1.82) is 0 Å². The predicted octanol–water partition coefficient (Wildman–Crippen LogP) is 4.75. The van der Waals surface area contributed by atoms with Crippen molar-refractivity contribution in [2.24, 2.45) is 0 Å². The van der Waals surface area contributed by atoms with Crippen molar-refractivity contribution in [2.75, 3.05) is 11.9 Å². The highest BCUT2D eigenvalue weighted by Crippen LogP contribution is 2.34. The van der Waals surface area contributed by atoms with Gasteiger partial charge in [0, 0.05) is 12.2 Å². The molecule has 0 aliphatic rings. The molecule has 0 atom stereocenters. The van der Waals surface area contributed by atoms with Crippen LogP contribution in [0.5, 0.6) is 0 Å². The van der Waals surface area contributed by atoms with E-state index in [0.717, 1.165) is 18.9 Å². The number of nitrogens with one attached hydrogen (secondary N) is 1. The number of hydrogen-bond acceptors (Lipinski definition) is 1. The summed E-state index contributed by atoms with van der Waals surface area (Å²) in [6, 6.07) is 15.5. The zero-order valence-corrected chi connectivity index (χ0v) is 11.0. The molecule has 2 rings (SSSR count). The molecule has 0 aromatic heterocycles. The molecule has 20 heavy (non-hydrogen) atoms. The molecule has 0 bridgehead atoms. The average Bonchev–Trinajstić information content (AvgIpc) is 2.44. The lowest BCUT2D eigenvalue weighted by molar-refractivity contribution is -0.136. The van der Waals surface area contributed by atoms with Gasteiger partial charge in [0.25, 0.3) is 0 Å². The lowest BCUT2D eigenvalue weighted by Crippen LogP contribution is -2.11. The summed E-state index contributed by atoms with van der Waals surface area (Å²) in [6.07, 6.45) is -2.68. The zero-order chi connectivity index (χ0) is 14.4. The van der Waals surface area contributed by atoms with E-state index in [4.69, 9.17) is 0 Å². The number of hydrogen-bond donors (Lipinski definition) is 1. The second kappa shape index (κ2) is 6.46. The first kappa shape index (κ1) is 14.4. The van der Waals surface area contributed by atoms with Crippen LogP contribution in [0, 0.1) is 0 Å². The molecule has 0 saturated carbocycles. The van der Waals surface area contributed by atoms with Crippen LogP contribution in [-0.4, -0.2) is 6.54 Å². The predicted molar refractivity (Wildman–Crippen MR) is 74.7 cm³/mol. The van der Waals surface area contributed by atoms with Gasteiger partial charge in [-0.25, -0.2) is 0 Å². The maximum Gasteiger partial charge on any atom is 0.418 e. The van der Waals surface area contributed by atoms with Crippen LogP contribution < -0.4 is 5.32 Å². The van der Waals surface area contributed by atoms with E-state index in [1.54, 1.807) is 6.07 Å². The van der Waals surface area contributed by atoms with E-state index in [0.29, 0.717) is 6.54 Å². The molecule has 2 aromatic rings. The fourth-order valence-corrected chi connectivity index (χ4v) is 2.04. The van der Waals surface area contributed by atoms with Crippen molar-refractivity contribution in [3.8, 4) is 0 Å². The molecule has 0 saturated heterocycles. The van der Waals surface area contributed by atoms with Crippen molar-refractivity contribution < 1.29 is 13.2 Å². The number of para-hydroxylation sites is 1. The third-order valence-corrected chi connectivity index (χ3v) is 3.03. The van der Waals surface area contributed by atoms with Crippen LogP contribution in [-0.2, 0) is 12.6 Å². The monoisotopic (exact) mass is 279 g/mol. The fraction of sp³-hybridized carbons (Fsp3) is 0.250. The molecular formula is C16H16F3N.